The van der Waals surface area contributed by atoms with Crippen LogP contribution in [-0.2, 0) is 9.53 Å². The lowest BCUT2D eigenvalue weighted by atomic mass is 9.70. The molecule has 0 saturated heterocycles. The Hall–Kier alpha value is -1.05. The maximum absolute atomic E-state index is 10.6. The zero-order valence-corrected chi connectivity index (χ0v) is 10.2. The minimum absolute atomic E-state index is 0.236. The molecule has 0 N–H and O–H groups in total. The Balaban J connectivity index is 1.96. The van der Waals surface area contributed by atoms with Crippen LogP contribution < -0.4 is 0 Å². The first-order valence-corrected chi connectivity index (χ1v) is 6.05. The number of fused-ring (bicyclic) bond motifs is 2. The molecule has 0 aliphatic heterocycles. The normalized spacial score (nSPS) is 37.2. The van der Waals surface area contributed by atoms with Gasteiger partial charge in [0.05, 0.1) is 6.26 Å². The predicted octanol–water partition coefficient (Wildman–Crippen LogP) is 3.45. The van der Waals surface area contributed by atoms with E-state index < -0.39 is 0 Å². The maximum atomic E-state index is 10.6. The molecule has 2 nitrogen and oxygen atoms in total. The Morgan fingerprint density at radius 2 is 2.38 bits per heavy atom. The van der Waals surface area contributed by atoms with Crippen LogP contribution in [0.1, 0.15) is 39.5 Å². The summed E-state index contributed by atoms with van der Waals surface area (Å²) in [6.45, 7) is 7.98. The Labute approximate surface area is 97.4 Å². The average molecular weight is 220 g/mol. The van der Waals surface area contributed by atoms with Gasteiger partial charge in [-0.05, 0) is 49.0 Å². The predicted molar refractivity (Wildman–Crippen MR) is 63.6 cm³/mol. The van der Waals surface area contributed by atoms with E-state index in [2.05, 4.69) is 13.5 Å². The molecule has 3 unspecified atom stereocenters. The standard InChI is InChI=1S/C14H20O2/c1-10-12-5-6-13(9-12)14(10,3)7-4-8-16-11(2)15/h4,8,12-13H,1,5-7,9H2,2-3H3. The first kappa shape index (κ1) is 11.4. The van der Waals surface area contributed by atoms with Crippen molar-refractivity contribution >= 4 is 5.97 Å². The van der Waals surface area contributed by atoms with Crippen LogP contribution in [0.25, 0.3) is 0 Å². The molecule has 0 aromatic carbocycles. The number of esters is 1. The summed E-state index contributed by atoms with van der Waals surface area (Å²) in [6, 6.07) is 0. The van der Waals surface area contributed by atoms with Crippen molar-refractivity contribution in [1.29, 1.82) is 0 Å². The lowest BCUT2D eigenvalue weighted by Crippen LogP contribution is -2.25. The van der Waals surface area contributed by atoms with E-state index in [0.717, 1.165) is 18.3 Å². The number of hydrogen-bond donors (Lipinski definition) is 0. The van der Waals surface area contributed by atoms with Crippen LogP contribution in [0, 0.1) is 17.3 Å². The van der Waals surface area contributed by atoms with Crippen molar-refractivity contribution in [3.8, 4) is 0 Å². The highest BCUT2D eigenvalue weighted by molar-refractivity contribution is 5.66. The first-order valence-electron chi connectivity index (χ1n) is 6.05. The monoisotopic (exact) mass is 220 g/mol. The minimum atomic E-state index is -0.256. The molecule has 2 bridgehead atoms. The lowest BCUT2D eigenvalue weighted by Gasteiger charge is -2.35. The summed E-state index contributed by atoms with van der Waals surface area (Å²) in [4.78, 5) is 10.6. The van der Waals surface area contributed by atoms with Crippen molar-refractivity contribution in [2.75, 3.05) is 0 Å². The summed E-state index contributed by atoms with van der Waals surface area (Å²) in [5.74, 6) is 1.28. The van der Waals surface area contributed by atoms with Gasteiger partial charge in [-0.25, -0.2) is 0 Å². The van der Waals surface area contributed by atoms with E-state index in [-0.39, 0.29) is 11.4 Å². The van der Waals surface area contributed by atoms with Crippen LogP contribution in [0.3, 0.4) is 0 Å². The molecule has 0 spiro atoms. The summed E-state index contributed by atoms with van der Waals surface area (Å²) >= 11 is 0. The fraction of sp³-hybridized carbons (Fsp3) is 0.643. The summed E-state index contributed by atoms with van der Waals surface area (Å²) in [5.41, 5.74) is 1.65. The molecule has 2 rings (SSSR count). The molecular formula is C14H20O2. The largest absolute Gasteiger partial charge is 0.435 e. The number of rotatable bonds is 3. The molecular weight excluding hydrogens is 200 g/mol. The summed E-state index contributed by atoms with van der Waals surface area (Å²) < 4.78 is 4.81. The van der Waals surface area contributed by atoms with Gasteiger partial charge in [-0.15, -0.1) is 0 Å². The molecule has 3 atom stereocenters. The van der Waals surface area contributed by atoms with Crippen LogP contribution in [0.15, 0.2) is 24.5 Å². The minimum Gasteiger partial charge on any atom is -0.435 e. The van der Waals surface area contributed by atoms with Gasteiger partial charge in [0, 0.05) is 6.92 Å². The molecule has 0 radical (unpaired) electrons. The van der Waals surface area contributed by atoms with E-state index in [1.807, 2.05) is 6.08 Å². The molecule has 0 aromatic heterocycles. The Kier molecular flexibility index (Phi) is 2.92. The van der Waals surface area contributed by atoms with Gasteiger partial charge in [0.1, 0.15) is 0 Å². The van der Waals surface area contributed by atoms with E-state index in [0.29, 0.717) is 0 Å². The van der Waals surface area contributed by atoms with Crippen LogP contribution in [0.2, 0.25) is 0 Å². The average Bonchev–Trinajstić information content (AvgIpc) is 2.78. The van der Waals surface area contributed by atoms with Crippen LogP contribution in [0.4, 0.5) is 0 Å². The van der Waals surface area contributed by atoms with Crippen molar-refractivity contribution in [2.45, 2.75) is 39.5 Å². The Morgan fingerprint density at radius 1 is 1.62 bits per heavy atom. The smallest absolute Gasteiger partial charge is 0.307 e. The zero-order chi connectivity index (χ0) is 11.8. The first-order chi connectivity index (χ1) is 7.54. The van der Waals surface area contributed by atoms with Crippen LogP contribution in [-0.4, -0.2) is 5.97 Å². The molecule has 0 aromatic rings. The number of ether oxygens (including phenoxy) is 1. The SMILES string of the molecule is C=C1C2CCC(C2)C1(C)CC=COC(C)=O. The van der Waals surface area contributed by atoms with Crippen molar-refractivity contribution in [3.63, 3.8) is 0 Å². The van der Waals surface area contributed by atoms with Gasteiger partial charge in [0.25, 0.3) is 0 Å². The van der Waals surface area contributed by atoms with Crippen molar-refractivity contribution in [2.24, 2.45) is 17.3 Å². The highest BCUT2D eigenvalue weighted by atomic mass is 16.5. The third-order valence-electron chi connectivity index (χ3n) is 4.43. The Morgan fingerprint density at radius 3 is 2.94 bits per heavy atom. The quantitative estimate of drug-likeness (QED) is 0.413. The van der Waals surface area contributed by atoms with Gasteiger partial charge in [0.15, 0.2) is 0 Å². The van der Waals surface area contributed by atoms with Gasteiger partial charge < -0.3 is 4.74 Å². The Bertz CT molecular complexity index is 343. The third-order valence-corrected chi connectivity index (χ3v) is 4.43. The van der Waals surface area contributed by atoms with Crippen molar-refractivity contribution in [1.82, 2.24) is 0 Å². The van der Waals surface area contributed by atoms with Crippen LogP contribution >= 0.6 is 0 Å². The van der Waals surface area contributed by atoms with Gasteiger partial charge in [-0.2, -0.15) is 0 Å². The fourth-order valence-electron chi connectivity index (χ4n) is 3.34. The summed E-state index contributed by atoms with van der Waals surface area (Å²) in [7, 11) is 0. The van der Waals surface area contributed by atoms with Gasteiger partial charge in [-0.3, -0.25) is 4.79 Å². The lowest BCUT2D eigenvalue weighted by molar-refractivity contribution is -0.135. The zero-order valence-electron chi connectivity index (χ0n) is 10.2. The van der Waals surface area contributed by atoms with Gasteiger partial charge in [0.2, 0.25) is 0 Å². The molecule has 2 aliphatic carbocycles. The van der Waals surface area contributed by atoms with E-state index >= 15 is 0 Å². The fourth-order valence-corrected chi connectivity index (χ4v) is 3.34. The van der Waals surface area contributed by atoms with E-state index in [1.54, 1.807) is 0 Å². The molecule has 2 heteroatoms. The van der Waals surface area contributed by atoms with E-state index in [9.17, 15) is 4.79 Å². The number of carbonyl (C=O) groups excluding carboxylic acids is 1. The molecule has 2 fully saturated rings. The van der Waals surface area contributed by atoms with E-state index in [1.165, 1.54) is 38.0 Å². The second kappa shape index (κ2) is 4.08. The molecule has 0 amide bonds. The second-order valence-corrected chi connectivity index (χ2v) is 5.33. The van der Waals surface area contributed by atoms with Crippen molar-refractivity contribution in [3.05, 3.63) is 24.5 Å². The van der Waals surface area contributed by atoms with Gasteiger partial charge >= 0.3 is 5.97 Å². The van der Waals surface area contributed by atoms with E-state index in [4.69, 9.17) is 4.74 Å². The molecule has 88 valence electrons. The number of carbonyl (C=O) groups is 1. The van der Waals surface area contributed by atoms with Crippen molar-refractivity contribution < 1.29 is 9.53 Å². The number of hydrogen-bond acceptors (Lipinski definition) is 2. The number of allylic oxidation sites excluding steroid dienone is 2. The third kappa shape index (κ3) is 1.81. The molecule has 2 saturated carbocycles. The van der Waals surface area contributed by atoms with Gasteiger partial charge in [-0.1, -0.05) is 19.1 Å². The summed E-state index contributed by atoms with van der Waals surface area (Å²) in [6.07, 6.45) is 8.41. The highest BCUT2D eigenvalue weighted by Gasteiger charge is 2.49. The highest BCUT2D eigenvalue weighted by Crippen LogP contribution is 2.60. The molecule has 0 heterocycles. The summed E-state index contributed by atoms with van der Waals surface area (Å²) in [5, 5.41) is 0. The van der Waals surface area contributed by atoms with Crippen LogP contribution in [0.5, 0.6) is 0 Å². The maximum Gasteiger partial charge on any atom is 0.307 e. The molecule has 16 heavy (non-hydrogen) atoms. The second-order valence-electron chi connectivity index (χ2n) is 5.33. The molecule has 2 aliphatic rings. The topological polar surface area (TPSA) is 26.3 Å².